The number of ether oxygens (including phenoxy) is 2. The van der Waals surface area contributed by atoms with Crippen molar-refractivity contribution in [3.05, 3.63) is 12.0 Å². The van der Waals surface area contributed by atoms with Crippen LogP contribution in [-0.4, -0.2) is 101 Å². The molecule has 14 nitrogen and oxygen atoms in total. The molecule has 1 amide bonds. The lowest BCUT2D eigenvalue weighted by Gasteiger charge is -2.19. The predicted octanol–water partition coefficient (Wildman–Crippen LogP) is -3.34. The van der Waals surface area contributed by atoms with Gasteiger partial charge in [-0.05, 0) is 6.92 Å². The van der Waals surface area contributed by atoms with Crippen LogP contribution in [-0.2, 0) is 20.7 Å². The van der Waals surface area contributed by atoms with Crippen molar-refractivity contribution in [2.75, 3.05) is 6.61 Å². The van der Waals surface area contributed by atoms with Crippen molar-refractivity contribution in [3.8, 4) is 6.01 Å². The fourth-order valence-electron chi connectivity index (χ4n) is 2.95. The fraction of sp³-hybridized carbons (Fsp3) is 0.562. The number of rotatable bonds is 8. The Hall–Kier alpha value is -2.91. The van der Waals surface area contributed by atoms with Crippen LogP contribution in [0.3, 0.4) is 0 Å². The van der Waals surface area contributed by atoms with Crippen LogP contribution in [0.4, 0.5) is 0 Å². The van der Waals surface area contributed by atoms with Gasteiger partial charge in [-0.2, -0.15) is 9.97 Å². The highest BCUT2D eigenvalue weighted by Gasteiger charge is 2.45. The van der Waals surface area contributed by atoms with Gasteiger partial charge in [-0.1, -0.05) is 0 Å². The second-order valence-corrected chi connectivity index (χ2v) is 6.68. The summed E-state index contributed by atoms with van der Waals surface area (Å²) in [4.78, 5) is 38.3. The monoisotopic (exact) mass is 427 g/mol. The third-order valence-corrected chi connectivity index (χ3v) is 4.46. The number of carbonyl (C=O) groups excluding carboxylic acids is 1. The number of H-pyrrole nitrogens is 1. The number of nitrogens with one attached hydrogen (secondary N) is 2. The number of carboxylic acid groups (broad SMARTS) is 1. The molecule has 30 heavy (non-hydrogen) atoms. The van der Waals surface area contributed by atoms with Crippen LogP contribution in [0.15, 0.2) is 6.33 Å². The number of carbonyl (C=O) groups is 2. The van der Waals surface area contributed by atoms with Crippen molar-refractivity contribution in [1.82, 2.24) is 25.3 Å². The molecule has 7 N–H and O–H groups in total. The van der Waals surface area contributed by atoms with E-state index in [-0.39, 0.29) is 17.4 Å². The summed E-state index contributed by atoms with van der Waals surface area (Å²) in [6, 6.07) is -1.81. The highest BCUT2D eigenvalue weighted by atomic mass is 16.7. The number of nitrogens with zero attached hydrogens (tertiary/aromatic N) is 3. The van der Waals surface area contributed by atoms with Crippen molar-refractivity contribution >= 4 is 23.0 Å². The number of hydrogen-bond donors (Lipinski definition) is 7. The number of hydrogen-bond acceptors (Lipinski definition) is 11. The van der Waals surface area contributed by atoms with Crippen molar-refractivity contribution in [2.45, 2.75) is 50.1 Å². The average Bonchev–Trinajstić information content (AvgIpc) is 3.25. The molecule has 0 saturated carbocycles. The SMILES string of the molecule is CC(O)C(NC(=O)Cc1nc(O[C@H]2[C@@H](O)[C@H](O)O[C@@H]2CO)nc2nc[nH]c12)C(=O)O. The number of aromatic amines is 1. The molecule has 1 aliphatic heterocycles. The maximum Gasteiger partial charge on any atom is 0.328 e. The summed E-state index contributed by atoms with van der Waals surface area (Å²) in [5, 5.41) is 49.7. The Morgan fingerprint density at radius 2 is 2.10 bits per heavy atom. The number of aliphatic carboxylic acids is 1. The van der Waals surface area contributed by atoms with Crippen molar-refractivity contribution in [3.63, 3.8) is 0 Å². The molecule has 2 aromatic rings. The first-order valence-electron chi connectivity index (χ1n) is 8.90. The van der Waals surface area contributed by atoms with E-state index in [2.05, 4.69) is 25.3 Å². The summed E-state index contributed by atoms with van der Waals surface area (Å²) < 4.78 is 10.5. The summed E-state index contributed by atoms with van der Waals surface area (Å²) in [5.41, 5.74) is 0.528. The van der Waals surface area contributed by atoms with Gasteiger partial charge in [0, 0.05) is 0 Å². The van der Waals surface area contributed by atoms with Crippen LogP contribution in [0.1, 0.15) is 12.6 Å². The third kappa shape index (κ3) is 4.47. The van der Waals surface area contributed by atoms with Gasteiger partial charge in [0.05, 0.1) is 31.2 Å². The van der Waals surface area contributed by atoms with Crippen molar-refractivity contribution in [2.24, 2.45) is 0 Å². The zero-order valence-electron chi connectivity index (χ0n) is 15.7. The molecule has 2 aromatic heterocycles. The molecule has 1 saturated heterocycles. The molecule has 0 aromatic carbocycles. The van der Waals surface area contributed by atoms with E-state index in [1.165, 1.54) is 13.3 Å². The van der Waals surface area contributed by atoms with E-state index < -0.39 is 61.7 Å². The summed E-state index contributed by atoms with van der Waals surface area (Å²) in [6.45, 7) is 0.679. The smallest absolute Gasteiger partial charge is 0.328 e. The Kier molecular flexibility index (Phi) is 6.42. The molecular formula is C16H21N5O9. The van der Waals surface area contributed by atoms with Gasteiger partial charge in [0.1, 0.15) is 17.7 Å². The Bertz CT molecular complexity index is 920. The molecule has 0 radical (unpaired) electrons. The molecular weight excluding hydrogens is 406 g/mol. The van der Waals surface area contributed by atoms with Crippen molar-refractivity contribution < 1.29 is 44.6 Å². The number of aliphatic hydroxyl groups excluding tert-OH is 4. The minimum Gasteiger partial charge on any atom is -0.480 e. The maximum atomic E-state index is 12.3. The normalized spacial score (nSPS) is 25.8. The molecule has 164 valence electrons. The van der Waals surface area contributed by atoms with E-state index in [1.54, 1.807) is 0 Å². The van der Waals surface area contributed by atoms with Gasteiger partial charge in [0.15, 0.2) is 24.1 Å². The largest absolute Gasteiger partial charge is 0.480 e. The lowest BCUT2D eigenvalue weighted by atomic mass is 10.1. The van der Waals surface area contributed by atoms with Crippen LogP contribution in [0.2, 0.25) is 0 Å². The minimum absolute atomic E-state index is 0.106. The number of amides is 1. The summed E-state index contributed by atoms with van der Waals surface area (Å²) in [6.07, 6.45) is -5.70. The van der Waals surface area contributed by atoms with E-state index in [1.807, 2.05) is 0 Å². The van der Waals surface area contributed by atoms with Crippen LogP contribution >= 0.6 is 0 Å². The van der Waals surface area contributed by atoms with Gasteiger partial charge >= 0.3 is 12.0 Å². The first-order chi connectivity index (χ1) is 14.2. The molecule has 14 heteroatoms. The van der Waals surface area contributed by atoms with Gasteiger partial charge in [0.2, 0.25) is 5.91 Å². The predicted molar refractivity (Wildman–Crippen MR) is 95.0 cm³/mol. The second-order valence-electron chi connectivity index (χ2n) is 6.68. The van der Waals surface area contributed by atoms with E-state index >= 15 is 0 Å². The molecule has 6 atom stereocenters. The zero-order valence-corrected chi connectivity index (χ0v) is 15.7. The molecule has 2 unspecified atom stereocenters. The number of aromatic nitrogens is 4. The molecule has 3 heterocycles. The highest BCUT2D eigenvalue weighted by molar-refractivity contribution is 5.87. The van der Waals surface area contributed by atoms with Crippen LogP contribution in [0.25, 0.3) is 11.2 Å². The van der Waals surface area contributed by atoms with E-state index in [0.717, 1.165) is 0 Å². The first-order valence-corrected chi connectivity index (χ1v) is 8.90. The van der Waals surface area contributed by atoms with Gasteiger partial charge < -0.3 is 45.3 Å². The second kappa shape index (κ2) is 8.85. The van der Waals surface area contributed by atoms with Crippen LogP contribution < -0.4 is 10.1 Å². The zero-order chi connectivity index (χ0) is 22.0. The molecule has 0 spiro atoms. The number of carboxylic acids is 1. The number of imidazole rings is 1. The molecule has 3 rings (SSSR count). The van der Waals surface area contributed by atoms with Gasteiger partial charge in [-0.3, -0.25) is 4.79 Å². The topological polar surface area (TPSA) is 220 Å². The summed E-state index contributed by atoms with van der Waals surface area (Å²) >= 11 is 0. The Morgan fingerprint density at radius 1 is 1.37 bits per heavy atom. The summed E-state index contributed by atoms with van der Waals surface area (Å²) in [5.74, 6) is -2.14. The van der Waals surface area contributed by atoms with E-state index in [4.69, 9.17) is 14.6 Å². The standard InChI is InChI=1S/C16H21N5O9/c1-5(23)9(14(26)27)20-8(24)2-6-10-13(18-4-17-10)21-16(19-6)30-12-7(3-22)29-15(28)11(12)25/h4-5,7,9,11-12,15,22-23,25,28H,2-3H2,1H3,(H,20,24)(H,26,27)(H,17,18,19,21)/t5?,7-,9?,11-,12-,15-/m1/s1. The quantitative estimate of drug-likeness (QED) is 0.220. The lowest BCUT2D eigenvalue weighted by Crippen LogP contribution is -2.48. The Morgan fingerprint density at radius 3 is 2.73 bits per heavy atom. The van der Waals surface area contributed by atoms with E-state index in [0.29, 0.717) is 5.52 Å². The minimum atomic E-state index is -1.57. The Labute approximate surface area is 168 Å². The first kappa shape index (κ1) is 21.8. The average molecular weight is 427 g/mol. The molecule has 1 aliphatic rings. The number of aliphatic hydroxyl groups is 4. The number of fused-ring (bicyclic) bond motifs is 1. The third-order valence-electron chi connectivity index (χ3n) is 4.46. The van der Waals surface area contributed by atoms with Gasteiger partial charge in [-0.25, -0.2) is 9.78 Å². The van der Waals surface area contributed by atoms with E-state index in [9.17, 15) is 30.0 Å². The maximum absolute atomic E-state index is 12.3. The van der Waals surface area contributed by atoms with Gasteiger partial charge in [-0.15, -0.1) is 0 Å². The van der Waals surface area contributed by atoms with Crippen molar-refractivity contribution in [1.29, 1.82) is 0 Å². The lowest BCUT2D eigenvalue weighted by molar-refractivity contribution is -0.144. The van der Waals surface area contributed by atoms with Crippen LogP contribution in [0, 0.1) is 0 Å². The molecule has 0 bridgehead atoms. The van der Waals surface area contributed by atoms with Crippen LogP contribution in [0.5, 0.6) is 6.01 Å². The molecule has 1 fully saturated rings. The fourth-order valence-corrected chi connectivity index (χ4v) is 2.95. The highest BCUT2D eigenvalue weighted by Crippen LogP contribution is 2.25. The molecule has 0 aliphatic carbocycles. The van der Waals surface area contributed by atoms with Gasteiger partial charge in [0.25, 0.3) is 0 Å². The summed E-state index contributed by atoms with van der Waals surface area (Å²) in [7, 11) is 0. The Balaban J connectivity index is 1.83.